The number of nitrogens with zero attached hydrogens (tertiary/aromatic N) is 4. The van der Waals surface area contributed by atoms with Crippen LogP contribution in [0, 0.1) is 0 Å². The van der Waals surface area contributed by atoms with Crippen LogP contribution < -0.4 is 0 Å². The zero-order chi connectivity index (χ0) is 16.2. The van der Waals surface area contributed by atoms with E-state index >= 15 is 0 Å². The first-order valence-electron chi connectivity index (χ1n) is 7.51. The molecule has 0 aliphatic carbocycles. The van der Waals surface area contributed by atoms with Crippen molar-refractivity contribution >= 4 is 5.91 Å². The number of aromatic nitrogens is 3. The van der Waals surface area contributed by atoms with Gasteiger partial charge in [-0.2, -0.15) is 5.10 Å². The molecular weight excluding hydrogens is 296 g/mol. The third-order valence-corrected chi connectivity index (χ3v) is 4.06. The minimum Gasteiger partial charge on any atom is -0.383 e. The molecule has 1 amide bonds. The zero-order valence-electron chi connectivity index (χ0n) is 13.3. The van der Waals surface area contributed by atoms with Crippen LogP contribution in [-0.4, -0.2) is 65.1 Å². The van der Waals surface area contributed by atoms with Gasteiger partial charge in [-0.05, 0) is 24.6 Å². The maximum atomic E-state index is 12.8. The fraction of sp³-hybridized carbons (Fsp3) is 0.438. The molecule has 1 fully saturated rings. The van der Waals surface area contributed by atoms with Crippen molar-refractivity contribution in [3.63, 3.8) is 0 Å². The molecule has 1 aliphatic heterocycles. The van der Waals surface area contributed by atoms with Crippen molar-refractivity contribution < 1.29 is 14.3 Å². The van der Waals surface area contributed by atoms with Gasteiger partial charge in [0.15, 0.2) is 0 Å². The third-order valence-electron chi connectivity index (χ3n) is 4.06. The molecule has 0 saturated carbocycles. The largest absolute Gasteiger partial charge is 0.383 e. The highest BCUT2D eigenvalue weighted by Gasteiger charge is 2.36. The van der Waals surface area contributed by atoms with Crippen LogP contribution in [0.4, 0.5) is 0 Å². The van der Waals surface area contributed by atoms with Gasteiger partial charge in [0.25, 0.3) is 5.91 Å². The average molecular weight is 316 g/mol. The van der Waals surface area contributed by atoms with Gasteiger partial charge in [-0.25, -0.2) is 4.68 Å². The maximum absolute atomic E-state index is 12.8. The Morgan fingerprint density at radius 2 is 2.26 bits per heavy atom. The standard InChI is InChI=1S/C16H20N4O3/c1-22-11-13-8-14(23-2)10-19(13)16(21)15-9-12(4-6-17-15)20-7-3-5-18-20/h3-7,9,13-14H,8,10-11H2,1-2H3/t13-,14+/m0/s1. The lowest BCUT2D eigenvalue weighted by atomic mass is 10.2. The Morgan fingerprint density at radius 1 is 1.39 bits per heavy atom. The molecule has 1 saturated heterocycles. The molecule has 23 heavy (non-hydrogen) atoms. The molecule has 0 aromatic carbocycles. The Hall–Kier alpha value is -2.25. The van der Waals surface area contributed by atoms with Gasteiger partial charge >= 0.3 is 0 Å². The first-order chi connectivity index (χ1) is 11.2. The molecule has 2 atom stereocenters. The molecule has 7 heteroatoms. The minimum atomic E-state index is -0.111. The number of carbonyl (C=O) groups is 1. The van der Waals surface area contributed by atoms with Crippen molar-refractivity contribution in [1.29, 1.82) is 0 Å². The van der Waals surface area contributed by atoms with Crippen LogP contribution in [0.25, 0.3) is 5.69 Å². The van der Waals surface area contributed by atoms with E-state index in [1.807, 2.05) is 18.3 Å². The van der Waals surface area contributed by atoms with E-state index in [2.05, 4.69) is 10.1 Å². The molecule has 3 rings (SSSR count). The summed E-state index contributed by atoms with van der Waals surface area (Å²) in [5.74, 6) is -0.111. The number of ether oxygens (including phenoxy) is 2. The topological polar surface area (TPSA) is 69.5 Å². The fourth-order valence-electron chi connectivity index (χ4n) is 2.89. The second-order valence-electron chi connectivity index (χ2n) is 5.51. The summed E-state index contributed by atoms with van der Waals surface area (Å²) in [4.78, 5) is 18.8. The van der Waals surface area contributed by atoms with E-state index in [0.29, 0.717) is 18.8 Å². The highest BCUT2D eigenvalue weighted by atomic mass is 16.5. The third kappa shape index (κ3) is 3.25. The van der Waals surface area contributed by atoms with Gasteiger partial charge in [0.1, 0.15) is 5.69 Å². The summed E-state index contributed by atoms with van der Waals surface area (Å²) in [5.41, 5.74) is 1.20. The first kappa shape index (κ1) is 15.6. The summed E-state index contributed by atoms with van der Waals surface area (Å²) in [6.45, 7) is 1.04. The molecule has 0 N–H and O–H groups in total. The second kappa shape index (κ2) is 6.89. The van der Waals surface area contributed by atoms with E-state index in [1.54, 1.807) is 42.3 Å². The average Bonchev–Trinajstić information content (AvgIpc) is 3.24. The van der Waals surface area contributed by atoms with Crippen molar-refractivity contribution in [2.24, 2.45) is 0 Å². The van der Waals surface area contributed by atoms with Crippen LogP contribution in [0.2, 0.25) is 0 Å². The van der Waals surface area contributed by atoms with Crippen LogP contribution in [0.3, 0.4) is 0 Å². The summed E-state index contributed by atoms with van der Waals surface area (Å²) in [5, 5.41) is 4.18. The first-order valence-corrected chi connectivity index (χ1v) is 7.51. The van der Waals surface area contributed by atoms with Gasteiger partial charge in [0, 0.05) is 39.4 Å². The molecular formula is C16H20N4O3. The van der Waals surface area contributed by atoms with Crippen molar-refractivity contribution in [3.05, 3.63) is 42.5 Å². The quantitative estimate of drug-likeness (QED) is 0.827. The monoisotopic (exact) mass is 316 g/mol. The van der Waals surface area contributed by atoms with Crippen molar-refractivity contribution in [2.45, 2.75) is 18.6 Å². The van der Waals surface area contributed by atoms with Crippen LogP contribution in [-0.2, 0) is 9.47 Å². The molecule has 1 aliphatic rings. The molecule has 122 valence electrons. The summed E-state index contributed by atoms with van der Waals surface area (Å²) in [6.07, 6.45) is 5.95. The predicted molar refractivity (Wildman–Crippen MR) is 83.5 cm³/mol. The lowest BCUT2D eigenvalue weighted by Crippen LogP contribution is -2.38. The summed E-state index contributed by atoms with van der Waals surface area (Å²) in [7, 11) is 3.30. The van der Waals surface area contributed by atoms with Crippen LogP contribution >= 0.6 is 0 Å². The summed E-state index contributed by atoms with van der Waals surface area (Å²) in [6, 6.07) is 5.41. The SMILES string of the molecule is COC[C@@H]1C[C@@H](OC)CN1C(=O)c1cc(-n2cccn2)ccn1. The van der Waals surface area contributed by atoms with Crippen LogP contribution in [0.15, 0.2) is 36.8 Å². The Kier molecular flexibility index (Phi) is 4.68. The van der Waals surface area contributed by atoms with Gasteiger partial charge in [-0.3, -0.25) is 9.78 Å². The number of hydrogen-bond donors (Lipinski definition) is 0. The lowest BCUT2D eigenvalue weighted by Gasteiger charge is -2.23. The van der Waals surface area contributed by atoms with E-state index in [4.69, 9.17) is 9.47 Å². The molecule has 7 nitrogen and oxygen atoms in total. The number of carbonyl (C=O) groups excluding carboxylic acids is 1. The van der Waals surface area contributed by atoms with Crippen LogP contribution in [0.5, 0.6) is 0 Å². The molecule has 0 radical (unpaired) electrons. The summed E-state index contributed by atoms with van der Waals surface area (Å²) < 4.78 is 12.3. The van der Waals surface area contributed by atoms with Gasteiger partial charge in [0.2, 0.25) is 0 Å². The van der Waals surface area contributed by atoms with Crippen molar-refractivity contribution in [1.82, 2.24) is 19.7 Å². The Labute approximate surface area is 134 Å². The highest BCUT2D eigenvalue weighted by molar-refractivity contribution is 5.93. The van der Waals surface area contributed by atoms with E-state index < -0.39 is 0 Å². The minimum absolute atomic E-state index is 0.00705. The maximum Gasteiger partial charge on any atom is 0.272 e. The summed E-state index contributed by atoms with van der Waals surface area (Å²) >= 11 is 0. The van der Waals surface area contributed by atoms with E-state index in [-0.39, 0.29) is 18.1 Å². The molecule has 3 heterocycles. The number of methoxy groups -OCH3 is 2. The number of amides is 1. The highest BCUT2D eigenvalue weighted by Crippen LogP contribution is 2.22. The molecule has 0 bridgehead atoms. The Morgan fingerprint density at radius 3 is 2.96 bits per heavy atom. The number of likely N-dealkylation sites (tertiary alicyclic amines) is 1. The van der Waals surface area contributed by atoms with Gasteiger partial charge in [-0.1, -0.05) is 0 Å². The number of hydrogen-bond acceptors (Lipinski definition) is 5. The Bertz CT molecular complexity index is 659. The van der Waals surface area contributed by atoms with Crippen LogP contribution in [0.1, 0.15) is 16.9 Å². The van der Waals surface area contributed by atoms with E-state index in [0.717, 1.165) is 12.1 Å². The molecule has 2 aromatic rings. The molecule has 0 spiro atoms. The van der Waals surface area contributed by atoms with Gasteiger partial charge < -0.3 is 14.4 Å². The van der Waals surface area contributed by atoms with Crippen molar-refractivity contribution in [3.8, 4) is 5.69 Å². The van der Waals surface area contributed by atoms with E-state index in [1.165, 1.54) is 0 Å². The molecule has 2 aromatic heterocycles. The normalized spacial score (nSPS) is 20.9. The van der Waals surface area contributed by atoms with E-state index in [9.17, 15) is 4.79 Å². The van der Waals surface area contributed by atoms with Gasteiger partial charge in [-0.15, -0.1) is 0 Å². The van der Waals surface area contributed by atoms with Crippen molar-refractivity contribution in [2.75, 3.05) is 27.4 Å². The smallest absolute Gasteiger partial charge is 0.272 e. The fourth-order valence-corrected chi connectivity index (χ4v) is 2.89. The number of rotatable bonds is 5. The van der Waals surface area contributed by atoms with Gasteiger partial charge in [0.05, 0.1) is 24.4 Å². The number of pyridine rings is 1. The zero-order valence-corrected chi connectivity index (χ0v) is 13.3. The predicted octanol–water partition coefficient (Wildman–Crippen LogP) is 1.14. The Balaban J connectivity index is 1.83. The second-order valence-corrected chi connectivity index (χ2v) is 5.51. The molecule has 0 unspecified atom stereocenters. The lowest BCUT2D eigenvalue weighted by molar-refractivity contribution is 0.0606.